The average molecular weight is 1000 g/mol. The molecule has 0 bridgehead atoms. The van der Waals surface area contributed by atoms with E-state index in [0.29, 0.717) is 60.4 Å². The summed E-state index contributed by atoms with van der Waals surface area (Å²) in [5.74, 6) is 0. The molecule has 0 atom stereocenters. The third-order valence-electron chi connectivity index (χ3n) is 11.5. The molecule has 60 heavy (non-hydrogen) atoms. The van der Waals surface area contributed by atoms with Gasteiger partial charge < -0.3 is 41.2 Å². The molecule has 1 fully saturated rings. The van der Waals surface area contributed by atoms with Crippen molar-refractivity contribution < 1.29 is 41.2 Å². The van der Waals surface area contributed by atoms with Gasteiger partial charge in [0.2, 0.25) is 0 Å². The Labute approximate surface area is 376 Å². The SMILES string of the molecule is C=C[Si]1(CC)O[Si](C=C)(CC)O[Si](C=C)(CC)O[Si](C=C)(CC)O[Si](C=C)(CC)O[Si](C=C)(CC)O[Si](C=C)(CC)O[Si](C=C)(CC)O[Si](C=C)(CC)O[Si](C=C)(CC)O1. The zero-order chi connectivity index (χ0) is 46.2. The van der Waals surface area contributed by atoms with Gasteiger partial charge >= 0.3 is 85.6 Å². The van der Waals surface area contributed by atoms with Crippen molar-refractivity contribution in [2.75, 3.05) is 0 Å². The van der Waals surface area contributed by atoms with Crippen LogP contribution in [0.25, 0.3) is 0 Å². The van der Waals surface area contributed by atoms with Crippen molar-refractivity contribution in [2.24, 2.45) is 0 Å². The number of hydrogen-bond donors (Lipinski definition) is 0. The van der Waals surface area contributed by atoms with E-state index in [4.69, 9.17) is 41.2 Å². The van der Waals surface area contributed by atoms with Crippen LogP contribution in [0, 0.1) is 0 Å². The highest BCUT2D eigenvalue weighted by molar-refractivity contribution is 7.01. The van der Waals surface area contributed by atoms with Crippen LogP contribution in [-0.2, 0) is 41.2 Å². The van der Waals surface area contributed by atoms with E-state index in [2.05, 4.69) is 65.8 Å². The summed E-state index contributed by atoms with van der Waals surface area (Å²) >= 11 is 0. The van der Waals surface area contributed by atoms with E-state index >= 15 is 0 Å². The second-order valence-electron chi connectivity index (χ2n) is 14.7. The Hall–Kier alpha value is -0.831. The van der Waals surface area contributed by atoms with E-state index in [1.54, 1.807) is 0 Å². The van der Waals surface area contributed by atoms with Crippen LogP contribution in [-0.4, -0.2) is 85.6 Å². The maximum atomic E-state index is 7.39. The Bertz CT molecular complexity index is 1140. The minimum absolute atomic E-state index is 0.515. The molecule has 1 aliphatic heterocycles. The topological polar surface area (TPSA) is 92.3 Å². The van der Waals surface area contributed by atoms with E-state index in [-0.39, 0.29) is 0 Å². The van der Waals surface area contributed by atoms with Crippen molar-refractivity contribution in [3.63, 3.8) is 0 Å². The van der Waals surface area contributed by atoms with Crippen LogP contribution in [0.15, 0.2) is 123 Å². The van der Waals surface area contributed by atoms with Gasteiger partial charge in [-0.05, 0) is 60.4 Å². The van der Waals surface area contributed by atoms with Gasteiger partial charge in [-0.3, -0.25) is 0 Å². The fourth-order valence-electron chi connectivity index (χ4n) is 6.85. The fraction of sp³-hybridized carbons (Fsp3) is 0.500. The van der Waals surface area contributed by atoms with Crippen molar-refractivity contribution in [2.45, 2.75) is 130 Å². The molecule has 0 aromatic heterocycles. The number of hydrogen-bond acceptors (Lipinski definition) is 10. The van der Waals surface area contributed by atoms with Gasteiger partial charge in [-0.2, -0.15) is 0 Å². The summed E-state index contributed by atoms with van der Waals surface area (Å²) in [6, 6.07) is 5.15. The van der Waals surface area contributed by atoms with Gasteiger partial charge in [-0.1, -0.05) is 126 Å². The minimum Gasteiger partial charge on any atom is -0.409 e. The predicted octanol–water partition coefficient (Wildman–Crippen LogP) is 12.0. The van der Waals surface area contributed by atoms with E-state index in [9.17, 15) is 0 Å². The summed E-state index contributed by atoms with van der Waals surface area (Å²) in [5, 5.41) is 0. The van der Waals surface area contributed by atoms with Gasteiger partial charge in [-0.25, -0.2) is 0 Å². The monoisotopic (exact) mass is 1000 g/mol. The van der Waals surface area contributed by atoms with E-state index in [1.807, 2.05) is 126 Å². The summed E-state index contributed by atoms with van der Waals surface area (Å²) < 4.78 is 73.9. The van der Waals surface area contributed by atoms with Crippen LogP contribution in [0.3, 0.4) is 0 Å². The highest BCUT2D eigenvalue weighted by Crippen LogP contribution is 2.40. The van der Waals surface area contributed by atoms with Gasteiger partial charge in [0.25, 0.3) is 0 Å². The maximum Gasteiger partial charge on any atom is 0.347 e. The van der Waals surface area contributed by atoms with E-state index < -0.39 is 85.6 Å². The Morgan fingerprint density at radius 1 is 0.200 bits per heavy atom. The lowest BCUT2D eigenvalue weighted by Crippen LogP contribution is -2.68. The molecule has 0 amide bonds. The average Bonchev–Trinajstić information content (AvgIpc) is 3.31. The molecular formula is C40H80O10Si10. The molecule has 340 valence electrons. The quantitative estimate of drug-likeness (QED) is 0.110. The standard InChI is InChI=1S/C40H80O10Si10/c1-21-51(22-2)41-52(23-3,24-4)43-54(27-7,28-8)45-56(31-11,32-12)47-58(35-15,36-16)49-60(39-19,40-20)50-59(37-17,38-18)48-57(33-13,34-14)46-55(29-9,30-10)44-53(25-5,26-6)42-51/h21,23,25,27,29,31,33,35,37,39H,1,3,5,7,9,11,13,15,17,19,22,24,26,28,30,32,34,36,38,40H2,2,4,6,8,10,12,14,16,18,20H3. The van der Waals surface area contributed by atoms with Gasteiger partial charge in [0.1, 0.15) is 0 Å². The largest absolute Gasteiger partial charge is 0.409 e. The summed E-state index contributed by atoms with van der Waals surface area (Å²) in [6.07, 6.45) is 0. The van der Waals surface area contributed by atoms with Crippen molar-refractivity contribution in [1.82, 2.24) is 0 Å². The Balaban J connectivity index is 4.65. The Morgan fingerprint density at radius 3 is 0.300 bits per heavy atom. The van der Waals surface area contributed by atoms with E-state index in [1.165, 1.54) is 0 Å². The molecule has 0 aliphatic carbocycles. The summed E-state index contributed by atoms with van der Waals surface area (Å²) in [6.45, 7) is 63.6. The lowest BCUT2D eigenvalue weighted by molar-refractivity contribution is 0.240. The second kappa shape index (κ2) is 23.9. The van der Waals surface area contributed by atoms with Crippen molar-refractivity contribution in [1.29, 1.82) is 0 Å². The maximum absolute atomic E-state index is 7.39. The van der Waals surface area contributed by atoms with Gasteiger partial charge in [0.15, 0.2) is 0 Å². The van der Waals surface area contributed by atoms with Gasteiger partial charge in [0.05, 0.1) is 0 Å². The highest BCUT2D eigenvalue weighted by atomic mass is 28.5. The first-order chi connectivity index (χ1) is 28.3. The molecule has 0 spiro atoms. The molecule has 0 saturated carbocycles. The highest BCUT2D eigenvalue weighted by Gasteiger charge is 2.60. The zero-order valence-electron chi connectivity index (χ0n) is 39.0. The fourth-order valence-corrected chi connectivity index (χ4v) is 56.8. The summed E-state index contributed by atoms with van der Waals surface area (Å²) in [5.41, 5.74) is 18.3. The van der Waals surface area contributed by atoms with Crippen molar-refractivity contribution >= 4 is 85.6 Å². The first kappa shape index (κ1) is 57.2. The first-order valence-electron chi connectivity index (χ1n) is 21.7. The molecule has 0 unspecified atom stereocenters. The molecule has 1 saturated heterocycles. The van der Waals surface area contributed by atoms with Gasteiger partial charge in [0, 0.05) is 0 Å². The second-order valence-corrected chi connectivity index (χ2v) is 50.3. The number of rotatable bonds is 20. The smallest absolute Gasteiger partial charge is 0.347 e. The Morgan fingerprint density at radius 2 is 0.267 bits per heavy atom. The third-order valence-corrected chi connectivity index (χ3v) is 55.2. The molecule has 0 N–H and O–H groups in total. The van der Waals surface area contributed by atoms with Crippen LogP contribution in [0.4, 0.5) is 0 Å². The van der Waals surface area contributed by atoms with Crippen LogP contribution in [0.1, 0.15) is 69.2 Å². The lowest BCUT2D eigenvalue weighted by atomic mass is 11.0. The molecule has 1 aliphatic rings. The normalized spacial score (nSPS) is 40.2. The van der Waals surface area contributed by atoms with Gasteiger partial charge in [-0.15, -0.1) is 65.8 Å². The van der Waals surface area contributed by atoms with Crippen molar-refractivity contribution in [3.8, 4) is 0 Å². The molecule has 1 rings (SSSR count). The molecule has 20 heteroatoms. The summed E-state index contributed by atoms with van der Waals surface area (Å²) in [7, 11) is -34.0. The minimum atomic E-state index is -3.40. The van der Waals surface area contributed by atoms with E-state index in [0.717, 1.165) is 0 Å². The molecule has 1 heterocycles. The molecule has 0 aromatic carbocycles. The zero-order valence-corrected chi connectivity index (χ0v) is 49.0. The molecular weight excluding hydrogens is 921 g/mol. The first-order valence-corrected chi connectivity index (χ1v) is 42.7. The summed E-state index contributed by atoms with van der Waals surface area (Å²) in [4.78, 5) is 0. The van der Waals surface area contributed by atoms with Crippen LogP contribution in [0.5, 0.6) is 0 Å². The Kier molecular flexibility index (Phi) is 22.8. The van der Waals surface area contributed by atoms with Crippen molar-refractivity contribution in [3.05, 3.63) is 123 Å². The molecule has 0 radical (unpaired) electrons. The van der Waals surface area contributed by atoms with Crippen LogP contribution < -0.4 is 0 Å². The predicted molar refractivity (Wildman–Crippen MR) is 275 cm³/mol. The van der Waals surface area contributed by atoms with Crippen LogP contribution >= 0.6 is 0 Å². The third kappa shape index (κ3) is 12.7. The van der Waals surface area contributed by atoms with Crippen LogP contribution in [0.2, 0.25) is 60.4 Å². The lowest BCUT2D eigenvalue weighted by Gasteiger charge is -2.49. The molecule has 10 nitrogen and oxygen atoms in total. The molecule has 0 aromatic rings.